The van der Waals surface area contributed by atoms with Crippen molar-refractivity contribution in [3.05, 3.63) is 46.1 Å². The lowest BCUT2D eigenvalue weighted by Crippen LogP contribution is -2.39. The third kappa shape index (κ3) is 3.44. The molecule has 1 unspecified atom stereocenters. The smallest absolute Gasteiger partial charge is 0.287 e. The average molecular weight is 317 g/mol. The summed E-state index contributed by atoms with van der Waals surface area (Å²) in [5.41, 5.74) is -0.199. The molecule has 1 N–H and O–H groups in total. The minimum absolute atomic E-state index is 0.0308. The first kappa shape index (κ1) is 15.7. The van der Waals surface area contributed by atoms with Gasteiger partial charge in [-0.3, -0.25) is 9.59 Å². The number of hydrogen-bond donors (Lipinski definition) is 1. The lowest BCUT2D eigenvalue weighted by molar-refractivity contribution is 0.0891. The summed E-state index contributed by atoms with van der Waals surface area (Å²) in [6.07, 6.45) is 5.88. The van der Waals surface area contributed by atoms with Gasteiger partial charge in [-0.05, 0) is 43.9 Å². The highest BCUT2D eigenvalue weighted by molar-refractivity contribution is 5.93. The zero-order valence-corrected chi connectivity index (χ0v) is 13.1. The first-order chi connectivity index (χ1) is 11.0. The van der Waals surface area contributed by atoms with Crippen molar-refractivity contribution < 1.29 is 13.6 Å². The summed E-state index contributed by atoms with van der Waals surface area (Å²) in [7, 11) is 0. The van der Waals surface area contributed by atoms with E-state index in [-0.39, 0.29) is 22.8 Å². The molecule has 1 aliphatic carbocycles. The summed E-state index contributed by atoms with van der Waals surface area (Å²) in [5, 5.41) is 3.06. The molecule has 1 aromatic carbocycles. The second kappa shape index (κ2) is 6.52. The van der Waals surface area contributed by atoms with Crippen molar-refractivity contribution in [1.29, 1.82) is 0 Å². The van der Waals surface area contributed by atoms with Crippen LogP contribution in [-0.4, -0.2) is 11.9 Å². The molecule has 1 amide bonds. The van der Waals surface area contributed by atoms with Gasteiger partial charge in [0.1, 0.15) is 11.4 Å². The number of fused-ring (bicyclic) bond motifs is 1. The molecule has 0 bridgehead atoms. The van der Waals surface area contributed by atoms with Crippen molar-refractivity contribution in [3.63, 3.8) is 0 Å². The second-order valence-electron chi connectivity index (χ2n) is 6.28. The molecule has 23 heavy (non-hydrogen) atoms. The molecule has 1 atom stereocenters. The van der Waals surface area contributed by atoms with Crippen LogP contribution < -0.4 is 10.7 Å². The molecule has 3 rings (SSSR count). The van der Waals surface area contributed by atoms with Gasteiger partial charge in [0.25, 0.3) is 5.91 Å². The molecule has 5 heteroatoms. The Bertz CT molecular complexity index is 777. The van der Waals surface area contributed by atoms with Gasteiger partial charge in [-0.2, -0.15) is 0 Å². The molecule has 0 saturated heterocycles. The van der Waals surface area contributed by atoms with Gasteiger partial charge in [0, 0.05) is 12.1 Å². The van der Waals surface area contributed by atoms with Gasteiger partial charge in [0.05, 0.1) is 5.39 Å². The number of carbonyl (C=O) groups excluding carboxylic acids is 1. The summed E-state index contributed by atoms with van der Waals surface area (Å²) in [6.45, 7) is 1.99. The van der Waals surface area contributed by atoms with Crippen LogP contribution in [0.5, 0.6) is 0 Å². The normalized spacial score (nSPS) is 17.1. The van der Waals surface area contributed by atoms with E-state index >= 15 is 0 Å². The van der Waals surface area contributed by atoms with Crippen LogP contribution in [0.25, 0.3) is 11.0 Å². The Balaban J connectivity index is 1.80. The maximum absolute atomic E-state index is 13.2. The van der Waals surface area contributed by atoms with Crippen molar-refractivity contribution in [2.75, 3.05) is 0 Å². The third-order valence-electron chi connectivity index (χ3n) is 4.63. The molecule has 1 aliphatic rings. The summed E-state index contributed by atoms with van der Waals surface area (Å²) in [6, 6.07) is 4.86. The molecule has 2 aromatic rings. The maximum atomic E-state index is 13.2. The van der Waals surface area contributed by atoms with E-state index in [2.05, 4.69) is 5.32 Å². The fourth-order valence-corrected chi connectivity index (χ4v) is 3.27. The quantitative estimate of drug-likeness (QED) is 0.940. The topological polar surface area (TPSA) is 59.3 Å². The number of nitrogens with one attached hydrogen (secondary N) is 1. The van der Waals surface area contributed by atoms with Crippen LogP contribution in [0.1, 0.15) is 49.6 Å². The van der Waals surface area contributed by atoms with Gasteiger partial charge in [-0.1, -0.05) is 19.3 Å². The van der Waals surface area contributed by atoms with Gasteiger partial charge >= 0.3 is 0 Å². The highest BCUT2D eigenvalue weighted by atomic mass is 19.1. The minimum atomic E-state index is -0.507. The van der Waals surface area contributed by atoms with Crippen molar-refractivity contribution in [1.82, 2.24) is 5.32 Å². The number of amides is 1. The molecule has 122 valence electrons. The van der Waals surface area contributed by atoms with Gasteiger partial charge in [0.2, 0.25) is 0 Å². The molecule has 1 heterocycles. The number of hydrogen-bond acceptors (Lipinski definition) is 3. The van der Waals surface area contributed by atoms with E-state index < -0.39 is 17.2 Å². The molecule has 1 fully saturated rings. The van der Waals surface area contributed by atoms with Crippen molar-refractivity contribution in [2.45, 2.75) is 45.1 Å². The van der Waals surface area contributed by atoms with Crippen LogP contribution >= 0.6 is 0 Å². The van der Waals surface area contributed by atoms with Crippen molar-refractivity contribution >= 4 is 16.9 Å². The summed E-state index contributed by atoms with van der Waals surface area (Å²) >= 11 is 0. The first-order valence-corrected chi connectivity index (χ1v) is 8.09. The van der Waals surface area contributed by atoms with E-state index in [1.54, 1.807) is 0 Å². The van der Waals surface area contributed by atoms with E-state index in [1.165, 1.54) is 31.4 Å². The fourth-order valence-electron chi connectivity index (χ4n) is 3.27. The lowest BCUT2D eigenvalue weighted by Gasteiger charge is -2.28. The SMILES string of the molecule is CC(NC(=O)c1cc(=O)c2cc(F)ccc2o1)C1CCCCC1. The van der Waals surface area contributed by atoms with Crippen molar-refractivity contribution in [2.24, 2.45) is 5.92 Å². The fraction of sp³-hybridized carbons (Fsp3) is 0.444. The van der Waals surface area contributed by atoms with Crippen LogP contribution in [-0.2, 0) is 0 Å². The maximum Gasteiger partial charge on any atom is 0.287 e. The van der Waals surface area contributed by atoms with E-state index in [1.807, 2.05) is 6.92 Å². The minimum Gasteiger partial charge on any atom is -0.451 e. The molecule has 0 radical (unpaired) electrons. The molecule has 4 nitrogen and oxygen atoms in total. The highest BCUT2D eigenvalue weighted by Crippen LogP contribution is 2.26. The summed E-state index contributed by atoms with van der Waals surface area (Å²) in [4.78, 5) is 24.4. The molecule has 0 aliphatic heterocycles. The van der Waals surface area contributed by atoms with Crippen LogP contribution in [0.15, 0.2) is 33.5 Å². The van der Waals surface area contributed by atoms with Crippen molar-refractivity contribution in [3.8, 4) is 0 Å². The molecular formula is C18H20FNO3. The molecule has 0 spiro atoms. The zero-order valence-electron chi connectivity index (χ0n) is 13.1. The molecule has 1 aromatic heterocycles. The number of carbonyl (C=O) groups is 1. The van der Waals surface area contributed by atoms with E-state index in [4.69, 9.17) is 4.42 Å². The Labute approximate surface area is 133 Å². The van der Waals surface area contributed by atoms with Gasteiger partial charge in [0.15, 0.2) is 11.2 Å². The average Bonchev–Trinajstić information content (AvgIpc) is 2.56. The van der Waals surface area contributed by atoms with Crippen LogP contribution in [0.2, 0.25) is 0 Å². The second-order valence-corrected chi connectivity index (χ2v) is 6.28. The van der Waals surface area contributed by atoms with Crippen LogP contribution in [0.3, 0.4) is 0 Å². The zero-order chi connectivity index (χ0) is 16.4. The highest BCUT2D eigenvalue weighted by Gasteiger charge is 2.23. The standard InChI is InChI=1S/C18H20FNO3/c1-11(12-5-3-2-4-6-12)20-18(22)17-10-15(21)14-9-13(19)7-8-16(14)23-17/h7-12H,2-6H2,1H3,(H,20,22). The number of rotatable bonds is 3. The first-order valence-electron chi connectivity index (χ1n) is 8.09. The van der Waals surface area contributed by atoms with Crippen LogP contribution in [0, 0.1) is 11.7 Å². The summed E-state index contributed by atoms with van der Waals surface area (Å²) < 4.78 is 18.7. The Hall–Kier alpha value is -2.17. The Morgan fingerprint density at radius 2 is 2.00 bits per heavy atom. The van der Waals surface area contributed by atoms with E-state index in [0.717, 1.165) is 25.0 Å². The monoisotopic (exact) mass is 317 g/mol. The third-order valence-corrected chi connectivity index (χ3v) is 4.63. The largest absolute Gasteiger partial charge is 0.451 e. The Kier molecular flexibility index (Phi) is 4.46. The predicted molar refractivity (Wildman–Crippen MR) is 85.9 cm³/mol. The van der Waals surface area contributed by atoms with E-state index in [9.17, 15) is 14.0 Å². The number of benzene rings is 1. The molecule has 1 saturated carbocycles. The molecular weight excluding hydrogens is 297 g/mol. The Morgan fingerprint density at radius 1 is 1.26 bits per heavy atom. The lowest BCUT2D eigenvalue weighted by atomic mass is 9.84. The van der Waals surface area contributed by atoms with Gasteiger partial charge < -0.3 is 9.73 Å². The van der Waals surface area contributed by atoms with Crippen LogP contribution in [0.4, 0.5) is 4.39 Å². The predicted octanol–water partition coefficient (Wildman–Crippen LogP) is 3.63. The number of halogens is 1. The van der Waals surface area contributed by atoms with Gasteiger partial charge in [-0.15, -0.1) is 0 Å². The Morgan fingerprint density at radius 3 is 2.74 bits per heavy atom. The summed E-state index contributed by atoms with van der Waals surface area (Å²) in [5.74, 6) is -0.468. The van der Waals surface area contributed by atoms with E-state index in [0.29, 0.717) is 5.92 Å². The van der Waals surface area contributed by atoms with Gasteiger partial charge in [-0.25, -0.2) is 4.39 Å².